The van der Waals surface area contributed by atoms with Crippen molar-refractivity contribution in [3.05, 3.63) is 0 Å². The van der Waals surface area contributed by atoms with Crippen molar-refractivity contribution in [2.75, 3.05) is 18.6 Å². The summed E-state index contributed by atoms with van der Waals surface area (Å²) >= 11 is 1.71. The fourth-order valence-electron chi connectivity index (χ4n) is 2.54. The van der Waals surface area contributed by atoms with Crippen molar-refractivity contribution < 1.29 is 5.11 Å². The predicted octanol–water partition coefficient (Wildman–Crippen LogP) is 2.66. The van der Waals surface area contributed by atoms with Gasteiger partial charge in [0.05, 0.1) is 5.60 Å². The maximum Gasteiger partial charge on any atom is 0.0833 e. The van der Waals surface area contributed by atoms with Crippen LogP contribution in [0, 0.1) is 5.92 Å². The molecule has 0 spiro atoms. The van der Waals surface area contributed by atoms with Gasteiger partial charge in [-0.05, 0) is 38.9 Å². The fourth-order valence-corrected chi connectivity index (χ4v) is 3.27. The molecular weight excluding hydrogens is 218 g/mol. The zero-order valence-corrected chi connectivity index (χ0v) is 11.8. The summed E-state index contributed by atoms with van der Waals surface area (Å²) < 4.78 is 0. The molecule has 0 amide bonds. The van der Waals surface area contributed by atoms with Crippen molar-refractivity contribution in [1.82, 2.24) is 5.32 Å². The predicted molar refractivity (Wildman–Crippen MR) is 73.0 cm³/mol. The molecule has 1 aliphatic rings. The highest BCUT2D eigenvalue weighted by molar-refractivity contribution is 7.98. The van der Waals surface area contributed by atoms with Crippen LogP contribution in [0.1, 0.15) is 46.0 Å². The Morgan fingerprint density at radius 3 is 2.56 bits per heavy atom. The minimum atomic E-state index is -0.567. The summed E-state index contributed by atoms with van der Waals surface area (Å²) in [5.41, 5.74) is -0.567. The number of aliphatic hydroxyl groups is 1. The van der Waals surface area contributed by atoms with Gasteiger partial charge in [0, 0.05) is 18.3 Å². The van der Waals surface area contributed by atoms with E-state index in [-0.39, 0.29) is 0 Å². The monoisotopic (exact) mass is 245 g/mol. The molecule has 2 nitrogen and oxygen atoms in total. The van der Waals surface area contributed by atoms with Crippen LogP contribution in [-0.2, 0) is 0 Å². The molecule has 3 heteroatoms. The van der Waals surface area contributed by atoms with Gasteiger partial charge in [-0.2, -0.15) is 11.8 Å². The fraction of sp³-hybridized carbons (Fsp3) is 1.00. The van der Waals surface area contributed by atoms with Crippen molar-refractivity contribution in [2.24, 2.45) is 5.92 Å². The molecule has 0 radical (unpaired) electrons. The molecular formula is C13H27NOS. The SMILES string of the molecule is CSC[C@@](C)(O)CN[C@H](C)C1CCCCC1. The third-order valence-electron chi connectivity index (χ3n) is 3.62. The molecule has 1 aliphatic carbocycles. The Morgan fingerprint density at radius 2 is 2.00 bits per heavy atom. The smallest absolute Gasteiger partial charge is 0.0833 e. The number of hydrogen-bond donors (Lipinski definition) is 2. The number of rotatable bonds is 6. The van der Waals surface area contributed by atoms with E-state index in [0.717, 1.165) is 11.7 Å². The average Bonchev–Trinajstić information content (AvgIpc) is 2.27. The molecule has 1 fully saturated rings. The van der Waals surface area contributed by atoms with Gasteiger partial charge in [-0.25, -0.2) is 0 Å². The van der Waals surface area contributed by atoms with E-state index in [1.54, 1.807) is 11.8 Å². The average molecular weight is 245 g/mol. The molecule has 1 saturated carbocycles. The van der Waals surface area contributed by atoms with E-state index in [4.69, 9.17) is 0 Å². The lowest BCUT2D eigenvalue weighted by molar-refractivity contribution is 0.0779. The third-order valence-corrected chi connectivity index (χ3v) is 4.53. The Morgan fingerprint density at radius 1 is 1.38 bits per heavy atom. The standard InChI is InChI=1S/C13H27NOS/c1-11(12-7-5-4-6-8-12)14-9-13(2,15)10-16-3/h11-12,14-15H,4-10H2,1-3H3/t11-,13+/m1/s1. The van der Waals surface area contributed by atoms with Crippen LogP contribution < -0.4 is 5.32 Å². The molecule has 2 N–H and O–H groups in total. The molecule has 96 valence electrons. The highest BCUT2D eigenvalue weighted by atomic mass is 32.2. The van der Waals surface area contributed by atoms with Gasteiger partial charge < -0.3 is 10.4 Å². The number of nitrogens with one attached hydrogen (secondary N) is 1. The van der Waals surface area contributed by atoms with Gasteiger partial charge >= 0.3 is 0 Å². The molecule has 0 aromatic heterocycles. The van der Waals surface area contributed by atoms with E-state index in [0.29, 0.717) is 12.6 Å². The van der Waals surface area contributed by atoms with Crippen molar-refractivity contribution >= 4 is 11.8 Å². The Labute approximate surface area is 105 Å². The number of thioether (sulfide) groups is 1. The first kappa shape index (κ1) is 14.3. The van der Waals surface area contributed by atoms with Crippen LogP contribution in [0.5, 0.6) is 0 Å². The van der Waals surface area contributed by atoms with Crippen LogP contribution >= 0.6 is 11.8 Å². The first-order valence-corrected chi connectivity index (χ1v) is 7.89. The minimum Gasteiger partial charge on any atom is -0.388 e. The van der Waals surface area contributed by atoms with Crippen molar-refractivity contribution in [3.63, 3.8) is 0 Å². The van der Waals surface area contributed by atoms with Crippen LogP contribution in [0.4, 0.5) is 0 Å². The zero-order chi connectivity index (χ0) is 12.0. The molecule has 16 heavy (non-hydrogen) atoms. The Hall–Kier alpha value is 0.270. The summed E-state index contributed by atoms with van der Waals surface area (Å²) in [6.45, 7) is 4.90. The van der Waals surface area contributed by atoms with E-state index < -0.39 is 5.60 Å². The number of hydrogen-bond acceptors (Lipinski definition) is 3. The van der Waals surface area contributed by atoms with Crippen LogP contribution in [0.15, 0.2) is 0 Å². The summed E-state index contributed by atoms with van der Waals surface area (Å²) in [6.07, 6.45) is 8.94. The maximum atomic E-state index is 10.1. The molecule has 0 aliphatic heterocycles. The van der Waals surface area contributed by atoms with Crippen molar-refractivity contribution in [1.29, 1.82) is 0 Å². The second kappa shape index (κ2) is 6.87. The first-order valence-electron chi connectivity index (χ1n) is 6.50. The summed E-state index contributed by atoms with van der Waals surface area (Å²) in [4.78, 5) is 0. The van der Waals surface area contributed by atoms with Gasteiger partial charge in [0.15, 0.2) is 0 Å². The quantitative estimate of drug-likeness (QED) is 0.754. The summed E-state index contributed by atoms with van der Waals surface area (Å²) in [5.74, 6) is 1.62. The Bertz CT molecular complexity index is 190. The van der Waals surface area contributed by atoms with Gasteiger partial charge in [-0.3, -0.25) is 0 Å². The maximum absolute atomic E-state index is 10.1. The van der Waals surface area contributed by atoms with Crippen LogP contribution in [0.2, 0.25) is 0 Å². The highest BCUT2D eigenvalue weighted by Gasteiger charge is 2.24. The Kier molecular flexibility index (Phi) is 6.16. The van der Waals surface area contributed by atoms with Crippen LogP contribution in [-0.4, -0.2) is 35.3 Å². The van der Waals surface area contributed by atoms with Crippen molar-refractivity contribution in [2.45, 2.75) is 57.6 Å². The van der Waals surface area contributed by atoms with Gasteiger partial charge in [-0.1, -0.05) is 19.3 Å². The minimum absolute atomic E-state index is 0.550. The molecule has 0 aromatic rings. The zero-order valence-electron chi connectivity index (χ0n) is 11.0. The highest BCUT2D eigenvalue weighted by Crippen LogP contribution is 2.26. The lowest BCUT2D eigenvalue weighted by Gasteiger charge is -2.31. The normalized spacial score (nSPS) is 24.0. The second-order valence-electron chi connectivity index (χ2n) is 5.50. The summed E-state index contributed by atoms with van der Waals surface area (Å²) in [7, 11) is 0. The topological polar surface area (TPSA) is 32.3 Å². The molecule has 2 atom stereocenters. The molecule has 1 rings (SSSR count). The molecule has 0 saturated heterocycles. The summed E-state index contributed by atoms with van der Waals surface area (Å²) in [6, 6.07) is 0.550. The Balaban J connectivity index is 2.25. The molecule has 0 bridgehead atoms. The van der Waals surface area contributed by atoms with Gasteiger partial charge in [-0.15, -0.1) is 0 Å². The van der Waals surface area contributed by atoms with Gasteiger partial charge in [0.2, 0.25) is 0 Å². The van der Waals surface area contributed by atoms with E-state index in [2.05, 4.69) is 12.2 Å². The molecule has 0 heterocycles. The lowest BCUT2D eigenvalue weighted by atomic mass is 9.84. The second-order valence-corrected chi connectivity index (χ2v) is 6.36. The van der Waals surface area contributed by atoms with Crippen LogP contribution in [0.3, 0.4) is 0 Å². The summed E-state index contributed by atoms with van der Waals surface area (Å²) in [5, 5.41) is 13.6. The van der Waals surface area contributed by atoms with Crippen LogP contribution in [0.25, 0.3) is 0 Å². The van der Waals surface area contributed by atoms with Gasteiger partial charge in [0.1, 0.15) is 0 Å². The van der Waals surface area contributed by atoms with E-state index in [1.807, 2.05) is 13.2 Å². The van der Waals surface area contributed by atoms with Crippen molar-refractivity contribution in [3.8, 4) is 0 Å². The first-order chi connectivity index (χ1) is 7.55. The molecule has 0 aromatic carbocycles. The van der Waals surface area contributed by atoms with E-state index in [1.165, 1.54) is 32.1 Å². The largest absolute Gasteiger partial charge is 0.388 e. The third kappa shape index (κ3) is 5.07. The molecule has 0 unspecified atom stereocenters. The lowest BCUT2D eigenvalue weighted by Crippen LogP contribution is -2.45. The van der Waals surface area contributed by atoms with Gasteiger partial charge in [0.25, 0.3) is 0 Å². The van der Waals surface area contributed by atoms with E-state index >= 15 is 0 Å². The van der Waals surface area contributed by atoms with E-state index in [9.17, 15) is 5.11 Å².